The highest BCUT2D eigenvalue weighted by atomic mass is 79.9. The molecule has 17 heavy (non-hydrogen) atoms. The van der Waals surface area contributed by atoms with Crippen molar-refractivity contribution in [3.63, 3.8) is 0 Å². The van der Waals surface area contributed by atoms with Crippen LogP contribution in [0.1, 0.15) is 6.42 Å². The van der Waals surface area contributed by atoms with Crippen LogP contribution in [0.3, 0.4) is 0 Å². The van der Waals surface area contributed by atoms with Crippen LogP contribution in [0, 0.1) is 0 Å². The number of aromatic nitrogens is 2. The van der Waals surface area contributed by atoms with Crippen LogP contribution >= 0.6 is 27.5 Å². The zero-order valence-electron chi connectivity index (χ0n) is 9.24. The van der Waals surface area contributed by atoms with Crippen LogP contribution in [0.4, 0.5) is 5.69 Å². The third-order valence-electron chi connectivity index (χ3n) is 2.40. The van der Waals surface area contributed by atoms with Gasteiger partial charge in [0.15, 0.2) is 0 Å². The fraction of sp³-hybridized carbons (Fsp3) is 0.250. The van der Waals surface area contributed by atoms with Crippen molar-refractivity contribution in [1.29, 1.82) is 0 Å². The number of hydrogen-bond donors (Lipinski definition) is 1. The first kappa shape index (κ1) is 12.5. The summed E-state index contributed by atoms with van der Waals surface area (Å²) in [6.07, 6.45) is 6.61. The van der Waals surface area contributed by atoms with Gasteiger partial charge in [-0.15, -0.1) is 0 Å². The van der Waals surface area contributed by atoms with E-state index < -0.39 is 0 Å². The van der Waals surface area contributed by atoms with Crippen molar-refractivity contribution in [3.8, 4) is 0 Å². The number of nitrogens with zero attached hydrogens (tertiary/aromatic N) is 2. The summed E-state index contributed by atoms with van der Waals surface area (Å²) >= 11 is 9.50. The normalized spacial score (nSPS) is 10.5. The third kappa shape index (κ3) is 3.75. The van der Waals surface area contributed by atoms with Gasteiger partial charge >= 0.3 is 0 Å². The molecule has 0 saturated heterocycles. The largest absolute Gasteiger partial charge is 0.384 e. The van der Waals surface area contributed by atoms with Gasteiger partial charge < -0.3 is 9.88 Å². The van der Waals surface area contributed by atoms with Crippen molar-refractivity contribution in [3.05, 3.63) is 46.4 Å². The van der Waals surface area contributed by atoms with E-state index in [-0.39, 0.29) is 0 Å². The van der Waals surface area contributed by atoms with Gasteiger partial charge in [0.2, 0.25) is 0 Å². The maximum Gasteiger partial charge on any atom is 0.0945 e. The number of benzene rings is 1. The Balaban J connectivity index is 1.80. The van der Waals surface area contributed by atoms with Gasteiger partial charge in [0, 0.05) is 30.0 Å². The Bertz CT molecular complexity index is 471. The first-order valence-electron chi connectivity index (χ1n) is 5.40. The standard InChI is InChI=1S/C12H13BrClN3/c13-10-2-3-11(14)12(8-10)16-4-1-6-17-7-5-15-9-17/h2-3,5,7-9,16H,1,4,6H2. The van der Waals surface area contributed by atoms with Crippen LogP contribution in [0.2, 0.25) is 5.02 Å². The average molecular weight is 315 g/mol. The molecule has 0 aliphatic carbocycles. The smallest absolute Gasteiger partial charge is 0.0945 e. The number of halogens is 2. The van der Waals surface area contributed by atoms with Crippen LogP contribution in [0.25, 0.3) is 0 Å². The molecule has 90 valence electrons. The Morgan fingerprint density at radius 2 is 2.29 bits per heavy atom. The Kier molecular flexibility index (Phi) is 4.45. The van der Waals surface area contributed by atoms with E-state index in [1.54, 1.807) is 6.20 Å². The van der Waals surface area contributed by atoms with Crippen LogP contribution < -0.4 is 5.32 Å². The van der Waals surface area contributed by atoms with E-state index in [2.05, 4.69) is 30.8 Å². The van der Waals surface area contributed by atoms with E-state index in [4.69, 9.17) is 11.6 Å². The molecule has 0 aliphatic heterocycles. The van der Waals surface area contributed by atoms with Crippen molar-refractivity contribution in [1.82, 2.24) is 9.55 Å². The van der Waals surface area contributed by atoms with Gasteiger partial charge in [-0.3, -0.25) is 0 Å². The van der Waals surface area contributed by atoms with Crippen molar-refractivity contribution in [2.75, 3.05) is 11.9 Å². The molecule has 1 aromatic carbocycles. The average Bonchev–Trinajstić information content (AvgIpc) is 2.82. The lowest BCUT2D eigenvalue weighted by atomic mass is 10.3. The molecule has 1 N–H and O–H groups in total. The molecule has 1 heterocycles. The van der Waals surface area contributed by atoms with Crippen LogP contribution in [-0.2, 0) is 6.54 Å². The Labute approximate surface area is 114 Å². The molecule has 0 saturated carbocycles. The highest BCUT2D eigenvalue weighted by Crippen LogP contribution is 2.25. The van der Waals surface area contributed by atoms with Gasteiger partial charge in [-0.2, -0.15) is 0 Å². The summed E-state index contributed by atoms with van der Waals surface area (Å²) in [6.45, 7) is 1.84. The zero-order valence-corrected chi connectivity index (χ0v) is 11.6. The number of imidazole rings is 1. The lowest BCUT2D eigenvalue weighted by Gasteiger charge is -2.09. The van der Waals surface area contributed by atoms with Gasteiger partial charge in [0.05, 0.1) is 17.0 Å². The van der Waals surface area contributed by atoms with E-state index in [1.165, 1.54) is 0 Å². The van der Waals surface area contributed by atoms with Crippen molar-refractivity contribution in [2.45, 2.75) is 13.0 Å². The van der Waals surface area contributed by atoms with E-state index in [0.29, 0.717) is 0 Å². The lowest BCUT2D eigenvalue weighted by Crippen LogP contribution is -2.06. The second kappa shape index (κ2) is 6.07. The number of nitrogens with one attached hydrogen (secondary N) is 1. The van der Waals surface area contributed by atoms with Gasteiger partial charge in [-0.05, 0) is 24.6 Å². The minimum absolute atomic E-state index is 0.746. The second-order valence-electron chi connectivity index (χ2n) is 3.71. The molecule has 0 unspecified atom stereocenters. The lowest BCUT2D eigenvalue weighted by molar-refractivity contribution is 0.661. The molecule has 0 aliphatic rings. The molecule has 0 spiro atoms. The quantitative estimate of drug-likeness (QED) is 0.851. The third-order valence-corrected chi connectivity index (χ3v) is 3.22. The molecule has 5 heteroatoms. The minimum Gasteiger partial charge on any atom is -0.384 e. The first-order chi connectivity index (χ1) is 8.25. The summed E-state index contributed by atoms with van der Waals surface area (Å²) in [5, 5.41) is 4.07. The van der Waals surface area contributed by atoms with Gasteiger partial charge in [0.25, 0.3) is 0 Å². The van der Waals surface area contributed by atoms with E-state index >= 15 is 0 Å². The summed E-state index contributed by atoms with van der Waals surface area (Å²) in [7, 11) is 0. The van der Waals surface area contributed by atoms with E-state index in [1.807, 2.05) is 30.7 Å². The van der Waals surface area contributed by atoms with E-state index in [9.17, 15) is 0 Å². The molecule has 0 bridgehead atoms. The molecule has 1 aromatic heterocycles. The maximum atomic E-state index is 6.08. The number of aryl methyl sites for hydroxylation is 1. The van der Waals surface area contributed by atoms with Gasteiger partial charge in [-0.1, -0.05) is 27.5 Å². The summed E-state index contributed by atoms with van der Waals surface area (Å²) in [4.78, 5) is 4.00. The number of hydrogen-bond acceptors (Lipinski definition) is 2. The van der Waals surface area contributed by atoms with Crippen LogP contribution in [0.15, 0.2) is 41.4 Å². The van der Waals surface area contributed by atoms with Crippen molar-refractivity contribution < 1.29 is 0 Å². The second-order valence-corrected chi connectivity index (χ2v) is 5.03. The molecule has 0 radical (unpaired) electrons. The molecule has 2 aromatic rings. The fourth-order valence-electron chi connectivity index (χ4n) is 1.54. The monoisotopic (exact) mass is 313 g/mol. The van der Waals surface area contributed by atoms with Gasteiger partial charge in [-0.25, -0.2) is 4.98 Å². The predicted octanol–water partition coefficient (Wildman–Crippen LogP) is 3.80. The summed E-state index contributed by atoms with van der Waals surface area (Å²) in [6, 6.07) is 5.79. The molecule has 2 rings (SSSR count). The van der Waals surface area contributed by atoms with Crippen molar-refractivity contribution in [2.24, 2.45) is 0 Å². The van der Waals surface area contributed by atoms with E-state index in [0.717, 1.165) is 34.7 Å². The zero-order chi connectivity index (χ0) is 12.1. The highest BCUT2D eigenvalue weighted by Gasteiger charge is 2.00. The predicted molar refractivity (Wildman–Crippen MR) is 74.5 cm³/mol. The first-order valence-corrected chi connectivity index (χ1v) is 6.57. The number of anilines is 1. The Hall–Kier alpha value is -1.00. The van der Waals surface area contributed by atoms with Crippen LogP contribution in [-0.4, -0.2) is 16.1 Å². The minimum atomic E-state index is 0.746. The molecular formula is C12H13BrClN3. The number of rotatable bonds is 5. The molecular weight excluding hydrogens is 302 g/mol. The Morgan fingerprint density at radius 1 is 1.41 bits per heavy atom. The molecule has 0 amide bonds. The van der Waals surface area contributed by atoms with Crippen molar-refractivity contribution >= 4 is 33.2 Å². The molecule has 3 nitrogen and oxygen atoms in total. The maximum absolute atomic E-state index is 6.08. The Morgan fingerprint density at radius 3 is 3.06 bits per heavy atom. The van der Waals surface area contributed by atoms with Gasteiger partial charge in [0.1, 0.15) is 0 Å². The fourth-order valence-corrected chi connectivity index (χ4v) is 2.08. The topological polar surface area (TPSA) is 29.9 Å². The highest BCUT2D eigenvalue weighted by molar-refractivity contribution is 9.10. The molecule has 0 atom stereocenters. The summed E-state index contributed by atoms with van der Waals surface area (Å²) in [5.41, 5.74) is 0.965. The molecule has 0 fully saturated rings. The SMILES string of the molecule is Clc1ccc(Br)cc1NCCCn1ccnc1. The summed E-state index contributed by atoms with van der Waals surface area (Å²) in [5.74, 6) is 0. The van der Waals surface area contributed by atoms with Crippen LogP contribution in [0.5, 0.6) is 0 Å². The summed E-state index contributed by atoms with van der Waals surface area (Å²) < 4.78 is 3.09.